The Morgan fingerprint density at radius 1 is 1.05 bits per heavy atom. The van der Waals surface area contributed by atoms with Gasteiger partial charge in [0.25, 0.3) is 0 Å². The van der Waals surface area contributed by atoms with E-state index in [4.69, 9.17) is 4.74 Å². The SMILES string of the molecule is CNCc1cc(F)cc(OCc2ccc(C)cc2)c1. The number of benzene rings is 2. The van der Waals surface area contributed by atoms with Crippen LogP contribution in [0.1, 0.15) is 16.7 Å². The molecule has 0 unspecified atom stereocenters. The third kappa shape index (κ3) is 4.07. The number of hydrogen-bond acceptors (Lipinski definition) is 2. The molecule has 0 aromatic heterocycles. The van der Waals surface area contributed by atoms with Crippen molar-refractivity contribution in [2.45, 2.75) is 20.1 Å². The molecule has 3 heteroatoms. The molecule has 0 aliphatic heterocycles. The average molecular weight is 259 g/mol. The molecule has 19 heavy (non-hydrogen) atoms. The van der Waals surface area contributed by atoms with Gasteiger partial charge in [0.05, 0.1) is 0 Å². The quantitative estimate of drug-likeness (QED) is 0.888. The van der Waals surface area contributed by atoms with Gasteiger partial charge < -0.3 is 10.1 Å². The minimum absolute atomic E-state index is 0.272. The number of rotatable bonds is 5. The third-order valence-corrected chi connectivity index (χ3v) is 2.84. The molecule has 2 aromatic rings. The minimum atomic E-state index is -0.272. The molecule has 100 valence electrons. The second kappa shape index (κ2) is 6.34. The van der Waals surface area contributed by atoms with E-state index in [0.717, 1.165) is 11.1 Å². The molecule has 0 aliphatic rings. The second-order valence-electron chi connectivity index (χ2n) is 4.60. The summed E-state index contributed by atoms with van der Waals surface area (Å²) in [6.45, 7) is 3.11. The van der Waals surface area contributed by atoms with Crippen LogP contribution in [-0.2, 0) is 13.2 Å². The zero-order chi connectivity index (χ0) is 13.7. The molecule has 0 bridgehead atoms. The monoisotopic (exact) mass is 259 g/mol. The fraction of sp³-hybridized carbons (Fsp3) is 0.250. The van der Waals surface area contributed by atoms with E-state index in [1.165, 1.54) is 17.7 Å². The van der Waals surface area contributed by atoms with E-state index in [9.17, 15) is 4.39 Å². The van der Waals surface area contributed by atoms with E-state index >= 15 is 0 Å². The van der Waals surface area contributed by atoms with Crippen molar-refractivity contribution in [2.75, 3.05) is 7.05 Å². The third-order valence-electron chi connectivity index (χ3n) is 2.84. The first-order valence-corrected chi connectivity index (χ1v) is 6.30. The fourth-order valence-corrected chi connectivity index (χ4v) is 1.86. The summed E-state index contributed by atoms with van der Waals surface area (Å²) < 4.78 is 19.1. The Balaban J connectivity index is 2.04. The van der Waals surface area contributed by atoms with Gasteiger partial charge in [-0.3, -0.25) is 0 Å². The summed E-state index contributed by atoms with van der Waals surface area (Å²) >= 11 is 0. The number of hydrogen-bond donors (Lipinski definition) is 1. The van der Waals surface area contributed by atoms with Crippen LogP contribution in [0.5, 0.6) is 5.75 Å². The van der Waals surface area contributed by atoms with Gasteiger partial charge in [0.1, 0.15) is 18.2 Å². The molecule has 0 spiro atoms. The molecule has 0 amide bonds. The predicted octanol–water partition coefficient (Wildman–Crippen LogP) is 3.43. The molecule has 0 heterocycles. The van der Waals surface area contributed by atoms with Crippen molar-refractivity contribution >= 4 is 0 Å². The highest BCUT2D eigenvalue weighted by Crippen LogP contribution is 2.18. The van der Waals surface area contributed by atoms with Crippen molar-refractivity contribution < 1.29 is 9.13 Å². The van der Waals surface area contributed by atoms with E-state index in [2.05, 4.69) is 5.32 Å². The molecule has 0 radical (unpaired) electrons. The van der Waals surface area contributed by atoms with Gasteiger partial charge in [0, 0.05) is 12.6 Å². The lowest BCUT2D eigenvalue weighted by atomic mass is 10.1. The van der Waals surface area contributed by atoms with Gasteiger partial charge in [-0.1, -0.05) is 29.8 Å². The molecular formula is C16H18FNO. The summed E-state index contributed by atoms with van der Waals surface area (Å²) in [5.41, 5.74) is 3.16. The summed E-state index contributed by atoms with van der Waals surface area (Å²) in [5, 5.41) is 3.00. The van der Waals surface area contributed by atoms with Gasteiger partial charge in [-0.2, -0.15) is 0 Å². The highest BCUT2D eigenvalue weighted by Gasteiger charge is 2.02. The zero-order valence-corrected chi connectivity index (χ0v) is 11.2. The lowest BCUT2D eigenvalue weighted by molar-refractivity contribution is 0.304. The van der Waals surface area contributed by atoms with Crippen LogP contribution in [0, 0.1) is 12.7 Å². The van der Waals surface area contributed by atoms with Crippen LogP contribution in [0.2, 0.25) is 0 Å². The van der Waals surface area contributed by atoms with Crippen LogP contribution >= 0.6 is 0 Å². The highest BCUT2D eigenvalue weighted by atomic mass is 19.1. The van der Waals surface area contributed by atoms with Crippen molar-refractivity contribution in [1.82, 2.24) is 5.32 Å². The minimum Gasteiger partial charge on any atom is -0.489 e. The average Bonchev–Trinajstić information content (AvgIpc) is 2.38. The summed E-state index contributed by atoms with van der Waals surface area (Å²) in [7, 11) is 1.83. The Kier molecular flexibility index (Phi) is 4.53. The number of halogens is 1. The van der Waals surface area contributed by atoms with Crippen molar-refractivity contribution in [2.24, 2.45) is 0 Å². The predicted molar refractivity (Wildman–Crippen MR) is 74.7 cm³/mol. The van der Waals surface area contributed by atoms with Gasteiger partial charge in [-0.05, 0) is 37.2 Å². The lowest BCUT2D eigenvalue weighted by Crippen LogP contribution is -2.06. The van der Waals surface area contributed by atoms with E-state index in [1.807, 2.05) is 44.3 Å². The normalized spacial score (nSPS) is 10.5. The highest BCUT2D eigenvalue weighted by molar-refractivity contribution is 5.30. The molecular weight excluding hydrogens is 241 g/mol. The molecule has 0 saturated carbocycles. The van der Waals surface area contributed by atoms with E-state index < -0.39 is 0 Å². The Morgan fingerprint density at radius 2 is 1.79 bits per heavy atom. The molecule has 2 rings (SSSR count). The van der Waals surface area contributed by atoms with Crippen molar-refractivity contribution in [3.05, 3.63) is 65.0 Å². The summed E-state index contributed by atoms with van der Waals surface area (Å²) in [4.78, 5) is 0. The van der Waals surface area contributed by atoms with Gasteiger partial charge in [0.15, 0.2) is 0 Å². The standard InChI is InChI=1S/C16H18FNO/c1-12-3-5-13(6-4-12)11-19-16-8-14(10-18-2)7-15(17)9-16/h3-9,18H,10-11H2,1-2H3. The number of ether oxygens (including phenoxy) is 1. The smallest absolute Gasteiger partial charge is 0.127 e. The van der Waals surface area contributed by atoms with E-state index in [-0.39, 0.29) is 5.82 Å². The van der Waals surface area contributed by atoms with Crippen LogP contribution in [-0.4, -0.2) is 7.05 Å². The van der Waals surface area contributed by atoms with E-state index in [1.54, 1.807) is 0 Å². The Morgan fingerprint density at radius 3 is 2.47 bits per heavy atom. The number of aryl methyl sites for hydroxylation is 1. The maximum absolute atomic E-state index is 13.4. The van der Waals surface area contributed by atoms with Crippen LogP contribution in [0.4, 0.5) is 4.39 Å². The van der Waals surface area contributed by atoms with Crippen LogP contribution < -0.4 is 10.1 Å². The topological polar surface area (TPSA) is 21.3 Å². The zero-order valence-electron chi connectivity index (χ0n) is 11.2. The van der Waals surface area contributed by atoms with E-state index in [0.29, 0.717) is 18.9 Å². The molecule has 0 saturated heterocycles. The van der Waals surface area contributed by atoms with Crippen molar-refractivity contribution in [3.63, 3.8) is 0 Å². The lowest BCUT2D eigenvalue weighted by Gasteiger charge is -2.09. The largest absolute Gasteiger partial charge is 0.489 e. The first-order chi connectivity index (χ1) is 9.17. The van der Waals surface area contributed by atoms with Gasteiger partial charge in [-0.15, -0.1) is 0 Å². The first-order valence-electron chi connectivity index (χ1n) is 6.30. The second-order valence-corrected chi connectivity index (χ2v) is 4.60. The van der Waals surface area contributed by atoms with Crippen LogP contribution in [0.3, 0.4) is 0 Å². The molecule has 2 aromatic carbocycles. The summed E-state index contributed by atoms with van der Waals surface area (Å²) in [5.74, 6) is 0.289. The Hall–Kier alpha value is -1.87. The molecule has 2 nitrogen and oxygen atoms in total. The summed E-state index contributed by atoms with van der Waals surface area (Å²) in [6.07, 6.45) is 0. The Labute approximate surface area is 113 Å². The van der Waals surface area contributed by atoms with Crippen molar-refractivity contribution in [1.29, 1.82) is 0 Å². The fourth-order valence-electron chi connectivity index (χ4n) is 1.86. The van der Waals surface area contributed by atoms with Gasteiger partial charge in [-0.25, -0.2) is 4.39 Å². The van der Waals surface area contributed by atoms with Crippen LogP contribution in [0.15, 0.2) is 42.5 Å². The Bertz CT molecular complexity index is 537. The molecule has 0 atom stereocenters. The van der Waals surface area contributed by atoms with Gasteiger partial charge in [0.2, 0.25) is 0 Å². The first kappa shape index (κ1) is 13.6. The van der Waals surface area contributed by atoms with Crippen LogP contribution in [0.25, 0.3) is 0 Å². The molecule has 0 aliphatic carbocycles. The maximum atomic E-state index is 13.4. The molecule has 1 N–H and O–H groups in total. The summed E-state index contributed by atoms with van der Waals surface area (Å²) in [6, 6.07) is 12.9. The number of nitrogens with one attached hydrogen (secondary N) is 1. The van der Waals surface area contributed by atoms with Crippen molar-refractivity contribution in [3.8, 4) is 5.75 Å². The molecule has 0 fully saturated rings. The maximum Gasteiger partial charge on any atom is 0.127 e. The van der Waals surface area contributed by atoms with Gasteiger partial charge >= 0.3 is 0 Å².